The van der Waals surface area contributed by atoms with Crippen molar-refractivity contribution in [1.82, 2.24) is 4.98 Å². The number of nitrogens with zero attached hydrogens (tertiary/aromatic N) is 1. The van der Waals surface area contributed by atoms with Crippen LogP contribution in [0.2, 0.25) is 0 Å². The van der Waals surface area contributed by atoms with E-state index >= 15 is 0 Å². The van der Waals surface area contributed by atoms with Crippen LogP contribution in [0.4, 0.5) is 0 Å². The summed E-state index contributed by atoms with van der Waals surface area (Å²) in [5, 5.41) is 5.39. The summed E-state index contributed by atoms with van der Waals surface area (Å²) in [6.45, 7) is -2.89. The number of aromatic nitrogens is 1. The number of methoxy groups -OCH3 is 2. The smallest absolute Gasteiger partial charge is 0.336 e. The van der Waals surface area contributed by atoms with E-state index in [0.29, 0.717) is 10.3 Å². The molecule has 1 atom stereocenters. The topological polar surface area (TPSA) is 65.5 Å². The van der Waals surface area contributed by atoms with Gasteiger partial charge in [0.25, 0.3) is 0 Å². The molecule has 0 radical (unpaired) electrons. The molecule has 0 N–H and O–H groups in total. The molecule has 34 heavy (non-hydrogen) atoms. The molecule has 3 aromatic carbocycles. The maximum atomic E-state index is 13.8. The van der Waals surface area contributed by atoms with Crippen LogP contribution in [-0.4, -0.2) is 36.4 Å². The predicted molar refractivity (Wildman–Crippen MR) is 139 cm³/mol. The quantitative estimate of drug-likeness (QED) is 0.292. The van der Waals surface area contributed by atoms with E-state index in [0.717, 1.165) is 15.9 Å². The molecule has 0 aliphatic rings. The van der Waals surface area contributed by atoms with Gasteiger partial charge in [-0.05, 0) is 22.8 Å². The van der Waals surface area contributed by atoms with Crippen LogP contribution in [-0.2, 0) is 19.1 Å². The van der Waals surface area contributed by atoms with Gasteiger partial charge in [0.05, 0.1) is 19.5 Å². The number of hydrogen-bond acceptors (Lipinski definition) is 6. The van der Waals surface area contributed by atoms with Crippen LogP contribution in [0, 0.1) is 0 Å². The number of benzene rings is 3. The zero-order valence-electron chi connectivity index (χ0n) is 18.8. The second-order valence-electron chi connectivity index (χ2n) is 7.38. The highest BCUT2D eigenvalue weighted by atomic mass is 32.1. The van der Waals surface area contributed by atoms with Crippen LogP contribution >= 0.6 is 18.2 Å². The van der Waals surface area contributed by atoms with Crippen LogP contribution in [0.1, 0.15) is 10.9 Å². The Kier molecular flexibility index (Phi) is 7.41. The molecule has 7 heteroatoms. The van der Waals surface area contributed by atoms with Gasteiger partial charge in [-0.25, -0.2) is 9.78 Å². The second kappa shape index (κ2) is 10.6. The van der Waals surface area contributed by atoms with Crippen molar-refractivity contribution in [3.05, 3.63) is 108 Å². The maximum Gasteiger partial charge on any atom is 0.336 e. The van der Waals surface area contributed by atoms with E-state index in [9.17, 15) is 9.59 Å². The van der Waals surface area contributed by atoms with Gasteiger partial charge in [0.15, 0.2) is 0 Å². The summed E-state index contributed by atoms with van der Waals surface area (Å²) in [6, 6.07) is 29.5. The molecule has 0 saturated heterocycles. The first-order chi connectivity index (χ1) is 16.6. The lowest BCUT2D eigenvalue weighted by atomic mass is 10.1. The fourth-order valence-corrected chi connectivity index (χ4v) is 9.58. The molecular formula is C27H24NO4PS. The molecule has 5 nitrogen and oxygen atoms in total. The summed E-state index contributed by atoms with van der Waals surface area (Å²) in [5.41, 5.74) is 0. The molecule has 0 bridgehead atoms. The number of hydrogen-bond donors (Lipinski definition) is 0. The molecule has 4 aromatic rings. The number of carbonyl (C=O) groups is 2. The van der Waals surface area contributed by atoms with Crippen molar-refractivity contribution < 1.29 is 19.1 Å². The van der Waals surface area contributed by atoms with Crippen molar-refractivity contribution in [2.75, 3.05) is 14.2 Å². The molecule has 0 aliphatic carbocycles. The SMILES string of the molecule is COC(=O)C(C(C(=O)OC)c1nccs1)=P(c1ccccc1)(c1ccccc1)c1ccccc1. The van der Waals surface area contributed by atoms with E-state index in [1.165, 1.54) is 25.6 Å². The molecule has 0 fully saturated rings. The molecule has 0 spiro atoms. The molecule has 1 unspecified atom stereocenters. The summed E-state index contributed by atoms with van der Waals surface area (Å²) in [5.74, 6) is -2.13. The first kappa shape index (κ1) is 23.7. The van der Waals surface area contributed by atoms with E-state index in [2.05, 4.69) is 4.98 Å². The largest absolute Gasteiger partial charge is 0.468 e. The summed E-state index contributed by atoms with van der Waals surface area (Å²) in [4.78, 5) is 31.5. The molecule has 0 saturated carbocycles. The zero-order chi connectivity index (χ0) is 24.0. The van der Waals surface area contributed by atoms with Crippen LogP contribution in [0.3, 0.4) is 0 Å². The van der Waals surface area contributed by atoms with Gasteiger partial charge in [0.2, 0.25) is 0 Å². The predicted octanol–water partition coefficient (Wildman–Crippen LogP) is 3.74. The lowest BCUT2D eigenvalue weighted by Crippen LogP contribution is -2.39. The number of carbonyl (C=O) groups excluding carboxylic acids is 2. The number of thiazole rings is 1. The minimum Gasteiger partial charge on any atom is -0.468 e. The van der Waals surface area contributed by atoms with Gasteiger partial charge < -0.3 is 9.47 Å². The first-order valence-corrected chi connectivity index (χ1v) is 13.3. The molecule has 172 valence electrons. The normalized spacial score (nSPS) is 11.9. The zero-order valence-corrected chi connectivity index (χ0v) is 20.5. The summed E-state index contributed by atoms with van der Waals surface area (Å²) in [6.07, 6.45) is 1.62. The third-order valence-corrected chi connectivity index (χ3v) is 10.8. The molecule has 1 heterocycles. The highest BCUT2D eigenvalue weighted by Gasteiger charge is 2.42. The Morgan fingerprint density at radius 3 is 1.59 bits per heavy atom. The van der Waals surface area contributed by atoms with Crippen molar-refractivity contribution in [1.29, 1.82) is 0 Å². The standard InChI is InChI=1S/C27H24NO4PS/c1-31-26(29)23(25-28-18-19-34-25)24(27(30)32-2)33(20-12-6-3-7-13-20,21-14-8-4-9-15-21)22-16-10-5-11-17-22/h3-19,23H,1-2H3. The van der Waals surface area contributed by atoms with Crippen LogP contribution in [0.15, 0.2) is 103 Å². The van der Waals surface area contributed by atoms with Crippen LogP contribution in [0.25, 0.3) is 0 Å². The van der Waals surface area contributed by atoms with Crippen molar-refractivity contribution >= 4 is 51.4 Å². The summed E-state index contributed by atoms with van der Waals surface area (Å²) in [7, 11) is 2.67. The minimum atomic E-state index is -2.89. The molecule has 1 aromatic heterocycles. The second-order valence-corrected chi connectivity index (χ2v) is 11.7. The van der Waals surface area contributed by atoms with E-state index in [4.69, 9.17) is 9.47 Å². The van der Waals surface area contributed by atoms with Crippen LogP contribution < -0.4 is 15.9 Å². The first-order valence-electron chi connectivity index (χ1n) is 10.6. The lowest BCUT2D eigenvalue weighted by molar-refractivity contribution is -0.142. The van der Waals surface area contributed by atoms with Crippen molar-refractivity contribution in [2.24, 2.45) is 0 Å². The molecule has 0 amide bonds. The minimum absolute atomic E-state index is 0.334. The fourth-order valence-electron chi connectivity index (χ4n) is 4.20. The Balaban J connectivity index is 2.32. The van der Waals surface area contributed by atoms with Gasteiger partial charge in [-0.2, -0.15) is 0 Å². The third-order valence-electron chi connectivity index (χ3n) is 5.60. The summed E-state index contributed by atoms with van der Waals surface area (Å²) < 4.78 is 10.6. The maximum absolute atomic E-state index is 13.8. The van der Waals surface area contributed by atoms with E-state index in [1.54, 1.807) is 11.6 Å². The van der Waals surface area contributed by atoms with Gasteiger partial charge in [-0.1, -0.05) is 91.0 Å². The average molecular weight is 490 g/mol. The van der Waals surface area contributed by atoms with Gasteiger partial charge in [-0.15, -0.1) is 11.3 Å². The Morgan fingerprint density at radius 2 is 1.24 bits per heavy atom. The van der Waals surface area contributed by atoms with Crippen molar-refractivity contribution in [2.45, 2.75) is 5.92 Å². The van der Waals surface area contributed by atoms with Crippen LogP contribution in [0.5, 0.6) is 0 Å². The average Bonchev–Trinajstić information content (AvgIpc) is 3.44. The van der Waals surface area contributed by atoms with Crippen molar-refractivity contribution in [3.8, 4) is 0 Å². The molecule has 4 rings (SSSR count). The van der Waals surface area contributed by atoms with Gasteiger partial charge in [-0.3, -0.25) is 4.79 Å². The van der Waals surface area contributed by atoms with E-state index in [1.807, 2.05) is 91.0 Å². The monoisotopic (exact) mass is 489 g/mol. The third kappa shape index (κ3) is 4.23. The summed E-state index contributed by atoms with van der Waals surface area (Å²) >= 11 is 1.31. The Morgan fingerprint density at radius 1 is 0.765 bits per heavy atom. The Bertz CT molecular complexity index is 1200. The number of esters is 2. The lowest BCUT2D eigenvalue weighted by Gasteiger charge is -2.33. The highest BCUT2D eigenvalue weighted by molar-refractivity contribution is 7.96. The number of rotatable bonds is 7. The van der Waals surface area contributed by atoms with E-state index < -0.39 is 24.7 Å². The highest BCUT2D eigenvalue weighted by Crippen LogP contribution is 2.49. The van der Waals surface area contributed by atoms with E-state index in [-0.39, 0.29) is 0 Å². The van der Waals surface area contributed by atoms with Gasteiger partial charge >= 0.3 is 11.9 Å². The number of ether oxygens (including phenoxy) is 2. The van der Waals surface area contributed by atoms with Crippen molar-refractivity contribution in [3.63, 3.8) is 0 Å². The Hall–Kier alpha value is -3.47. The Labute approximate surface area is 203 Å². The molecule has 0 aliphatic heterocycles. The van der Waals surface area contributed by atoms with Gasteiger partial charge in [0, 0.05) is 11.6 Å². The van der Waals surface area contributed by atoms with Gasteiger partial charge in [0.1, 0.15) is 10.9 Å². The molecular weight excluding hydrogens is 465 g/mol. The fraction of sp³-hybridized carbons (Fsp3) is 0.111.